The molecule has 2 fully saturated rings. The average Bonchev–Trinajstić information content (AvgIpc) is 3.54. The Morgan fingerprint density at radius 2 is 1.85 bits per heavy atom. The number of likely N-dealkylation sites (tertiary alicyclic amines) is 1. The molecule has 12 heteroatoms. The summed E-state index contributed by atoms with van der Waals surface area (Å²) in [7, 11) is 2.05. The average molecular weight is 636 g/mol. The maximum absolute atomic E-state index is 13.2. The fourth-order valence-electron chi connectivity index (χ4n) is 6.65. The number of rotatable bonds is 8. The topological polar surface area (TPSA) is 132 Å². The second kappa shape index (κ2) is 14.0. The number of nitrogens with one attached hydrogen (secondary N) is 3. The minimum absolute atomic E-state index is 0.0489. The summed E-state index contributed by atoms with van der Waals surface area (Å²) in [6, 6.07) is 13.7. The van der Waals surface area contributed by atoms with E-state index in [1.807, 2.05) is 43.4 Å². The molecule has 244 valence electrons. The summed E-state index contributed by atoms with van der Waals surface area (Å²) in [5, 5.41) is 7.21. The van der Waals surface area contributed by atoms with Gasteiger partial charge >= 0.3 is 0 Å². The van der Waals surface area contributed by atoms with Crippen molar-refractivity contribution in [2.75, 3.05) is 69.7 Å². The van der Waals surface area contributed by atoms with Crippen LogP contribution in [0.4, 0.5) is 11.5 Å². The van der Waals surface area contributed by atoms with Gasteiger partial charge in [0.1, 0.15) is 23.5 Å². The van der Waals surface area contributed by atoms with Crippen LogP contribution in [0.5, 0.6) is 0 Å². The summed E-state index contributed by atoms with van der Waals surface area (Å²) in [4.78, 5) is 49.5. The molecule has 3 aliphatic heterocycles. The Morgan fingerprint density at radius 1 is 1.00 bits per heavy atom. The van der Waals surface area contributed by atoms with Crippen molar-refractivity contribution in [3.8, 4) is 11.3 Å². The molecule has 0 spiro atoms. The van der Waals surface area contributed by atoms with Gasteiger partial charge in [-0.15, -0.1) is 0 Å². The zero-order valence-electron chi connectivity index (χ0n) is 26.7. The highest BCUT2D eigenvalue weighted by molar-refractivity contribution is 6.03. The van der Waals surface area contributed by atoms with E-state index in [0.717, 1.165) is 91.2 Å². The molecule has 4 aromatic rings. The summed E-state index contributed by atoms with van der Waals surface area (Å²) in [6.07, 6.45) is 8.24. The highest BCUT2D eigenvalue weighted by Gasteiger charge is 2.24. The zero-order chi connectivity index (χ0) is 32.2. The number of carbonyl (C=O) groups is 2. The van der Waals surface area contributed by atoms with Crippen molar-refractivity contribution in [1.82, 2.24) is 35.1 Å². The molecule has 0 bridgehead atoms. The lowest BCUT2D eigenvalue weighted by Gasteiger charge is -2.34. The Balaban J connectivity index is 0.959. The van der Waals surface area contributed by atoms with Gasteiger partial charge < -0.3 is 30.2 Å². The number of benzene rings is 1. The van der Waals surface area contributed by atoms with Crippen LogP contribution in [0.1, 0.15) is 35.3 Å². The quantitative estimate of drug-likeness (QED) is 0.266. The molecule has 6 heterocycles. The molecular formula is C35H41N9O3. The van der Waals surface area contributed by atoms with E-state index in [-0.39, 0.29) is 17.9 Å². The normalized spacial score (nSPS) is 19.4. The number of hydrogen-bond acceptors (Lipinski definition) is 9. The monoisotopic (exact) mass is 635 g/mol. The van der Waals surface area contributed by atoms with Crippen molar-refractivity contribution in [2.45, 2.75) is 31.8 Å². The number of pyridine rings is 1. The third-order valence-corrected chi connectivity index (χ3v) is 9.11. The van der Waals surface area contributed by atoms with E-state index in [1.165, 1.54) is 0 Å². The molecule has 2 saturated heterocycles. The van der Waals surface area contributed by atoms with Gasteiger partial charge in [-0.3, -0.25) is 19.5 Å². The third kappa shape index (κ3) is 7.35. The number of carbonyl (C=O) groups excluding carboxylic acids is 2. The number of aromatic amines is 1. The van der Waals surface area contributed by atoms with Crippen molar-refractivity contribution in [1.29, 1.82) is 0 Å². The lowest BCUT2D eigenvalue weighted by Crippen LogP contribution is -2.48. The molecule has 1 aromatic carbocycles. The van der Waals surface area contributed by atoms with Crippen LogP contribution in [0, 0.1) is 0 Å². The van der Waals surface area contributed by atoms with Crippen molar-refractivity contribution in [2.24, 2.45) is 0 Å². The zero-order valence-corrected chi connectivity index (χ0v) is 26.7. The third-order valence-electron chi connectivity index (χ3n) is 9.11. The Kier molecular flexibility index (Phi) is 9.23. The Hall–Kier alpha value is -4.65. The van der Waals surface area contributed by atoms with Gasteiger partial charge in [0.2, 0.25) is 5.91 Å². The van der Waals surface area contributed by atoms with Crippen LogP contribution in [0.2, 0.25) is 0 Å². The molecule has 3 N–H and O–H groups in total. The highest BCUT2D eigenvalue weighted by Crippen LogP contribution is 2.30. The lowest BCUT2D eigenvalue weighted by molar-refractivity contribution is -0.118. The summed E-state index contributed by atoms with van der Waals surface area (Å²) in [6.45, 7) is 7.09. The number of anilines is 2. The molecule has 47 heavy (non-hydrogen) atoms. The summed E-state index contributed by atoms with van der Waals surface area (Å²) < 4.78 is 5.50. The summed E-state index contributed by atoms with van der Waals surface area (Å²) in [5.74, 6) is 0.699. The first-order valence-corrected chi connectivity index (χ1v) is 16.4. The number of piperidine rings is 1. The first-order chi connectivity index (χ1) is 23.0. The van der Waals surface area contributed by atoms with E-state index in [0.29, 0.717) is 37.7 Å². The van der Waals surface area contributed by atoms with Gasteiger partial charge in [0.15, 0.2) is 0 Å². The van der Waals surface area contributed by atoms with Crippen LogP contribution in [-0.4, -0.2) is 107 Å². The number of hydrogen-bond donors (Lipinski definition) is 3. The van der Waals surface area contributed by atoms with Gasteiger partial charge in [-0.1, -0.05) is 18.2 Å². The number of morpholine rings is 1. The van der Waals surface area contributed by atoms with Crippen LogP contribution in [-0.2, 0) is 16.1 Å². The second-order valence-electron chi connectivity index (χ2n) is 12.6. The lowest BCUT2D eigenvalue weighted by atomic mass is 10.0. The van der Waals surface area contributed by atoms with Crippen LogP contribution in [0.25, 0.3) is 22.3 Å². The molecular weight excluding hydrogens is 594 g/mol. The van der Waals surface area contributed by atoms with Crippen LogP contribution in [0.3, 0.4) is 0 Å². The standard InChI is InChI=1S/C35H41N9O3/c1-42-12-2-4-26(21-42)34(45)40-28-5-3-13-43(22-28)20-24-10-11-36-31(18-24)35(46)39-27-8-6-25(7-9-27)30-19-29-32(41-30)37-23-38-33(29)44-14-16-47-17-15-44/h4,6-11,18-19,23,28H,2-3,5,12-17,20-22H2,1H3,(H,39,46)(H,40,45)(H,37,38,41)/t28-/m1/s1. The number of likely N-dealkylation sites (N-methyl/N-ethyl adjacent to an activating group) is 1. The number of ether oxygens (including phenoxy) is 1. The Bertz CT molecular complexity index is 1760. The smallest absolute Gasteiger partial charge is 0.274 e. The number of nitrogens with zero attached hydrogens (tertiary/aromatic N) is 6. The van der Waals surface area contributed by atoms with Crippen LogP contribution >= 0.6 is 0 Å². The second-order valence-corrected chi connectivity index (χ2v) is 12.6. The van der Waals surface area contributed by atoms with Crippen molar-refractivity contribution in [3.63, 3.8) is 0 Å². The SMILES string of the molecule is CN1CCC=C(C(=O)N[C@@H]2CCCN(Cc3ccnc(C(=O)Nc4ccc(-c5cc6c(N7CCOCC7)ncnc6[nH]5)cc4)c3)C2)C1. The maximum atomic E-state index is 13.2. The number of aromatic nitrogens is 4. The van der Waals surface area contributed by atoms with Crippen molar-refractivity contribution >= 4 is 34.4 Å². The van der Waals surface area contributed by atoms with Gasteiger partial charge in [-0.05, 0) is 74.3 Å². The van der Waals surface area contributed by atoms with E-state index in [9.17, 15) is 9.59 Å². The molecule has 0 unspecified atom stereocenters. The first kappa shape index (κ1) is 31.0. The molecule has 3 aromatic heterocycles. The maximum Gasteiger partial charge on any atom is 0.274 e. The molecule has 0 saturated carbocycles. The summed E-state index contributed by atoms with van der Waals surface area (Å²) in [5.41, 5.74) is 5.63. The molecule has 12 nitrogen and oxygen atoms in total. The van der Waals surface area contributed by atoms with Gasteiger partial charge in [0.25, 0.3) is 5.91 Å². The fraction of sp³-hybridized carbons (Fsp3) is 0.400. The minimum atomic E-state index is -0.259. The van der Waals surface area contributed by atoms with Gasteiger partial charge in [-0.25, -0.2) is 9.97 Å². The fourth-order valence-corrected chi connectivity index (χ4v) is 6.65. The molecule has 7 rings (SSSR count). The largest absolute Gasteiger partial charge is 0.378 e. The van der Waals surface area contributed by atoms with Gasteiger partial charge in [0.05, 0.1) is 18.6 Å². The van der Waals surface area contributed by atoms with E-state index < -0.39 is 0 Å². The minimum Gasteiger partial charge on any atom is -0.378 e. The van der Waals surface area contributed by atoms with Crippen LogP contribution < -0.4 is 15.5 Å². The Morgan fingerprint density at radius 3 is 2.68 bits per heavy atom. The van der Waals surface area contributed by atoms with Crippen molar-refractivity contribution in [3.05, 3.63) is 77.9 Å². The highest BCUT2D eigenvalue weighted by atomic mass is 16.5. The number of fused-ring (bicyclic) bond motifs is 1. The van der Waals surface area contributed by atoms with Gasteiger partial charge in [0, 0.05) is 68.5 Å². The predicted octanol–water partition coefficient (Wildman–Crippen LogP) is 3.45. The molecule has 0 radical (unpaired) electrons. The summed E-state index contributed by atoms with van der Waals surface area (Å²) >= 11 is 0. The number of amides is 2. The van der Waals surface area contributed by atoms with E-state index in [4.69, 9.17) is 4.74 Å². The Labute approximate surface area is 274 Å². The molecule has 3 aliphatic rings. The van der Waals surface area contributed by atoms with E-state index in [2.05, 4.69) is 57.4 Å². The molecule has 1 atom stereocenters. The number of H-pyrrole nitrogens is 1. The predicted molar refractivity (Wildman–Crippen MR) is 181 cm³/mol. The molecule has 2 amide bonds. The van der Waals surface area contributed by atoms with Crippen molar-refractivity contribution < 1.29 is 14.3 Å². The first-order valence-electron chi connectivity index (χ1n) is 16.4. The van der Waals surface area contributed by atoms with Gasteiger partial charge in [-0.2, -0.15) is 0 Å². The van der Waals surface area contributed by atoms with E-state index in [1.54, 1.807) is 12.5 Å². The van der Waals surface area contributed by atoms with E-state index >= 15 is 0 Å². The van der Waals surface area contributed by atoms with Crippen LogP contribution in [0.15, 0.2) is 66.6 Å². The molecule has 0 aliphatic carbocycles.